The van der Waals surface area contributed by atoms with Crippen molar-refractivity contribution in [2.75, 3.05) is 11.1 Å². The highest BCUT2D eigenvalue weighted by Crippen LogP contribution is 2.35. The first-order valence-corrected chi connectivity index (χ1v) is 5.99. The summed E-state index contributed by atoms with van der Waals surface area (Å²) in [4.78, 5) is 10.1. The number of benzene rings is 2. The van der Waals surface area contributed by atoms with Gasteiger partial charge in [0.25, 0.3) is 5.69 Å². The number of anilines is 3. The molecule has 0 atom stereocenters. The molecule has 2 aromatic rings. The van der Waals surface area contributed by atoms with E-state index >= 15 is 0 Å². The van der Waals surface area contributed by atoms with Crippen LogP contribution in [0.1, 0.15) is 0 Å². The van der Waals surface area contributed by atoms with E-state index in [1.54, 1.807) is 18.2 Å². The van der Waals surface area contributed by atoms with Gasteiger partial charge < -0.3 is 11.1 Å². The summed E-state index contributed by atoms with van der Waals surface area (Å²) in [6.07, 6.45) is 0. The van der Waals surface area contributed by atoms with E-state index in [2.05, 4.69) is 5.32 Å². The van der Waals surface area contributed by atoms with Crippen LogP contribution in [0.2, 0.25) is 10.0 Å². The van der Waals surface area contributed by atoms with Crippen LogP contribution in [-0.2, 0) is 0 Å². The normalized spacial score (nSPS) is 10.2. The van der Waals surface area contributed by atoms with Crippen molar-refractivity contribution in [2.24, 2.45) is 0 Å². The van der Waals surface area contributed by atoms with E-state index in [4.69, 9.17) is 28.9 Å². The van der Waals surface area contributed by atoms with Crippen molar-refractivity contribution in [1.82, 2.24) is 0 Å². The Kier molecular flexibility index (Phi) is 3.78. The van der Waals surface area contributed by atoms with Crippen LogP contribution >= 0.6 is 23.2 Å². The van der Waals surface area contributed by atoms with Gasteiger partial charge in [0, 0.05) is 12.1 Å². The number of para-hydroxylation sites is 1. The Balaban J connectivity index is 2.36. The molecule has 0 aliphatic carbocycles. The Labute approximate surface area is 119 Å². The van der Waals surface area contributed by atoms with Crippen molar-refractivity contribution < 1.29 is 4.92 Å². The van der Waals surface area contributed by atoms with Crippen LogP contribution in [0.25, 0.3) is 0 Å². The van der Waals surface area contributed by atoms with Gasteiger partial charge in [-0.1, -0.05) is 29.3 Å². The van der Waals surface area contributed by atoms with Crippen molar-refractivity contribution in [3.05, 3.63) is 56.6 Å². The number of nitrogens with zero attached hydrogens (tertiary/aromatic N) is 1. The number of hydrogen-bond donors (Lipinski definition) is 2. The average Bonchev–Trinajstić information content (AvgIpc) is 2.35. The topological polar surface area (TPSA) is 81.2 Å². The van der Waals surface area contributed by atoms with Crippen molar-refractivity contribution in [1.29, 1.82) is 0 Å². The third-order valence-electron chi connectivity index (χ3n) is 2.47. The molecule has 5 nitrogen and oxygen atoms in total. The number of halogens is 2. The van der Waals surface area contributed by atoms with Gasteiger partial charge in [-0.15, -0.1) is 0 Å². The molecule has 0 aromatic heterocycles. The number of non-ortho nitro benzene ring substituents is 1. The number of nitro benzene ring substituents is 1. The van der Waals surface area contributed by atoms with E-state index in [1.807, 2.05) is 0 Å². The fraction of sp³-hybridized carbons (Fsp3) is 0. The Morgan fingerprint density at radius 2 is 1.79 bits per heavy atom. The zero-order chi connectivity index (χ0) is 14.0. The molecule has 0 fully saturated rings. The zero-order valence-corrected chi connectivity index (χ0v) is 11.1. The van der Waals surface area contributed by atoms with Gasteiger partial charge in [0.1, 0.15) is 0 Å². The molecule has 2 rings (SSSR count). The molecule has 98 valence electrons. The second kappa shape index (κ2) is 5.34. The predicted molar refractivity (Wildman–Crippen MR) is 77.3 cm³/mol. The summed E-state index contributed by atoms with van der Waals surface area (Å²) in [5, 5.41) is 14.5. The first-order valence-electron chi connectivity index (χ1n) is 5.24. The van der Waals surface area contributed by atoms with Gasteiger partial charge in [-0.2, -0.15) is 0 Å². The van der Waals surface area contributed by atoms with E-state index in [0.717, 1.165) is 0 Å². The summed E-state index contributed by atoms with van der Waals surface area (Å²) in [6, 6.07) is 9.20. The van der Waals surface area contributed by atoms with Crippen molar-refractivity contribution in [3.63, 3.8) is 0 Å². The molecular formula is C12H9Cl2N3O2. The highest BCUT2D eigenvalue weighted by molar-refractivity contribution is 6.39. The fourth-order valence-corrected chi connectivity index (χ4v) is 2.02. The van der Waals surface area contributed by atoms with Crippen LogP contribution in [-0.4, -0.2) is 4.92 Å². The van der Waals surface area contributed by atoms with Crippen molar-refractivity contribution in [3.8, 4) is 0 Å². The maximum Gasteiger partial charge on any atom is 0.271 e. The maximum atomic E-state index is 10.6. The molecule has 0 radical (unpaired) electrons. The quantitative estimate of drug-likeness (QED) is 0.505. The molecule has 0 heterocycles. The summed E-state index contributed by atoms with van der Waals surface area (Å²) >= 11 is 12.0. The van der Waals surface area contributed by atoms with Gasteiger partial charge in [-0.25, -0.2) is 0 Å². The number of nitrogens with one attached hydrogen (secondary N) is 1. The second-order valence-electron chi connectivity index (χ2n) is 3.75. The Hall–Kier alpha value is -1.98. The smallest absolute Gasteiger partial charge is 0.271 e. The van der Waals surface area contributed by atoms with Crippen LogP contribution in [0.15, 0.2) is 36.4 Å². The highest BCUT2D eigenvalue weighted by Gasteiger charge is 2.11. The predicted octanol–water partition coefficient (Wildman–Crippen LogP) is 4.23. The van der Waals surface area contributed by atoms with Crippen LogP contribution in [0.5, 0.6) is 0 Å². The average molecular weight is 298 g/mol. The largest absolute Gasteiger partial charge is 0.397 e. The molecule has 0 unspecified atom stereocenters. The van der Waals surface area contributed by atoms with E-state index in [9.17, 15) is 10.1 Å². The molecule has 0 saturated carbocycles. The lowest BCUT2D eigenvalue weighted by molar-refractivity contribution is -0.384. The summed E-state index contributed by atoms with van der Waals surface area (Å²) < 4.78 is 0. The number of nitrogen functional groups attached to an aromatic ring is 1. The van der Waals surface area contributed by atoms with Crippen LogP contribution in [0.4, 0.5) is 22.7 Å². The first kappa shape index (κ1) is 13.5. The zero-order valence-electron chi connectivity index (χ0n) is 9.56. The minimum Gasteiger partial charge on any atom is -0.397 e. The van der Waals surface area contributed by atoms with Crippen molar-refractivity contribution in [2.45, 2.75) is 0 Å². The Morgan fingerprint density at radius 3 is 2.32 bits per heavy atom. The lowest BCUT2D eigenvalue weighted by Gasteiger charge is -2.12. The van der Waals surface area contributed by atoms with Gasteiger partial charge in [-0.05, 0) is 18.2 Å². The molecule has 2 aromatic carbocycles. The van der Waals surface area contributed by atoms with Crippen molar-refractivity contribution >= 4 is 46.0 Å². The summed E-state index contributed by atoms with van der Waals surface area (Å²) in [5.74, 6) is 0. The molecule has 0 spiro atoms. The monoisotopic (exact) mass is 297 g/mol. The summed E-state index contributed by atoms with van der Waals surface area (Å²) in [6.45, 7) is 0. The van der Waals surface area contributed by atoms with Gasteiger partial charge in [-0.3, -0.25) is 10.1 Å². The highest BCUT2D eigenvalue weighted by atomic mass is 35.5. The van der Waals surface area contributed by atoms with E-state index in [0.29, 0.717) is 21.4 Å². The number of rotatable bonds is 3. The molecule has 19 heavy (non-hydrogen) atoms. The summed E-state index contributed by atoms with van der Waals surface area (Å²) in [7, 11) is 0. The number of hydrogen-bond acceptors (Lipinski definition) is 4. The third kappa shape index (κ3) is 2.89. The van der Waals surface area contributed by atoms with E-state index in [-0.39, 0.29) is 11.4 Å². The van der Waals surface area contributed by atoms with E-state index < -0.39 is 4.92 Å². The molecule has 0 amide bonds. The van der Waals surface area contributed by atoms with Gasteiger partial charge in [0.15, 0.2) is 0 Å². The minimum absolute atomic E-state index is 0.0756. The molecule has 7 heteroatoms. The standard InChI is InChI=1S/C12H9Cl2N3O2/c13-8-2-1-3-9(14)12(8)16-11-5-4-7(17(18)19)6-10(11)15/h1-6,16H,15H2. The number of nitro groups is 1. The molecular weight excluding hydrogens is 289 g/mol. The molecule has 3 N–H and O–H groups in total. The van der Waals surface area contributed by atoms with Gasteiger partial charge in [0.2, 0.25) is 0 Å². The maximum absolute atomic E-state index is 10.6. The third-order valence-corrected chi connectivity index (χ3v) is 3.10. The Morgan fingerprint density at radius 1 is 1.16 bits per heavy atom. The van der Waals surface area contributed by atoms with Crippen LogP contribution in [0, 0.1) is 10.1 Å². The molecule has 0 aliphatic rings. The molecule has 0 aliphatic heterocycles. The number of nitrogens with two attached hydrogens (primary N) is 1. The SMILES string of the molecule is Nc1cc([N+](=O)[O-])ccc1Nc1c(Cl)cccc1Cl. The lowest BCUT2D eigenvalue weighted by Crippen LogP contribution is -1.99. The van der Waals surface area contributed by atoms with Gasteiger partial charge in [0.05, 0.1) is 32.0 Å². The molecule has 0 bridgehead atoms. The summed E-state index contributed by atoms with van der Waals surface area (Å²) in [5.41, 5.74) is 6.93. The van der Waals surface area contributed by atoms with Crippen LogP contribution < -0.4 is 11.1 Å². The van der Waals surface area contributed by atoms with Crippen LogP contribution in [0.3, 0.4) is 0 Å². The minimum atomic E-state index is -0.511. The van der Waals surface area contributed by atoms with Gasteiger partial charge >= 0.3 is 0 Å². The second-order valence-corrected chi connectivity index (χ2v) is 4.56. The van der Waals surface area contributed by atoms with E-state index in [1.165, 1.54) is 18.2 Å². The lowest BCUT2D eigenvalue weighted by atomic mass is 10.2. The molecule has 0 saturated heterocycles. The Bertz CT molecular complexity index is 627. The fourth-order valence-electron chi connectivity index (χ4n) is 1.53. The first-order chi connectivity index (χ1) is 8.99.